The van der Waals surface area contributed by atoms with Crippen molar-refractivity contribution in [3.63, 3.8) is 0 Å². The topological polar surface area (TPSA) is 95.9 Å². The van der Waals surface area contributed by atoms with E-state index in [4.69, 9.17) is 4.74 Å². The molecule has 61 heavy (non-hydrogen) atoms. The number of hydrogen-bond acceptors (Lipinski definition) is 5. The summed E-state index contributed by atoms with van der Waals surface area (Å²) in [5.74, 6) is -0.590. The fourth-order valence-corrected chi connectivity index (χ4v) is 7.39. The van der Waals surface area contributed by atoms with Crippen LogP contribution in [0.1, 0.15) is 239 Å². The summed E-state index contributed by atoms with van der Waals surface area (Å²) in [7, 11) is 0. The second kappa shape index (κ2) is 48.3. The smallest absolute Gasteiger partial charge is 0.306 e. The van der Waals surface area contributed by atoms with E-state index in [0.29, 0.717) is 19.3 Å². The molecular formula is C55H97NO5. The number of allylic oxidation sites excluding steroid dienone is 11. The van der Waals surface area contributed by atoms with Crippen LogP contribution in [-0.2, 0) is 14.3 Å². The Morgan fingerprint density at radius 2 is 0.918 bits per heavy atom. The summed E-state index contributed by atoms with van der Waals surface area (Å²) in [5.41, 5.74) is 0. The van der Waals surface area contributed by atoms with Crippen LogP contribution in [0, 0.1) is 0 Å². The van der Waals surface area contributed by atoms with Crippen LogP contribution in [0.15, 0.2) is 72.9 Å². The van der Waals surface area contributed by atoms with E-state index in [1.165, 1.54) is 116 Å². The Balaban J connectivity index is 4.73. The number of unbranched alkanes of at least 4 members (excludes halogenated alkanes) is 22. The van der Waals surface area contributed by atoms with Crippen molar-refractivity contribution in [2.75, 3.05) is 6.61 Å². The normalized spacial score (nSPS) is 13.9. The largest absolute Gasteiger partial charge is 0.461 e. The Morgan fingerprint density at radius 3 is 1.38 bits per heavy atom. The van der Waals surface area contributed by atoms with Crippen molar-refractivity contribution in [3.05, 3.63) is 72.9 Å². The van der Waals surface area contributed by atoms with Gasteiger partial charge in [-0.25, -0.2) is 0 Å². The summed E-state index contributed by atoms with van der Waals surface area (Å²) in [6.45, 7) is 6.33. The van der Waals surface area contributed by atoms with Gasteiger partial charge in [-0.3, -0.25) is 9.59 Å². The Hall–Kier alpha value is -2.70. The lowest BCUT2D eigenvalue weighted by molar-refractivity contribution is -0.150. The van der Waals surface area contributed by atoms with Gasteiger partial charge in [-0.15, -0.1) is 0 Å². The zero-order valence-electron chi connectivity index (χ0n) is 40.0. The van der Waals surface area contributed by atoms with Crippen molar-refractivity contribution < 1.29 is 24.5 Å². The van der Waals surface area contributed by atoms with Crippen LogP contribution in [-0.4, -0.2) is 46.9 Å². The zero-order valence-corrected chi connectivity index (χ0v) is 40.0. The molecule has 6 nitrogen and oxygen atoms in total. The predicted molar refractivity (Wildman–Crippen MR) is 264 cm³/mol. The van der Waals surface area contributed by atoms with Crippen LogP contribution >= 0.6 is 0 Å². The highest BCUT2D eigenvalue weighted by Gasteiger charge is 2.23. The average Bonchev–Trinajstić information content (AvgIpc) is 3.25. The summed E-state index contributed by atoms with van der Waals surface area (Å²) < 4.78 is 5.86. The quantitative estimate of drug-likeness (QED) is 0.0322. The Kier molecular flexibility index (Phi) is 46.2. The van der Waals surface area contributed by atoms with Gasteiger partial charge in [-0.05, 0) is 70.6 Å². The van der Waals surface area contributed by atoms with Crippen molar-refractivity contribution in [2.24, 2.45) is 0 Å². The van der Waals surface area contributed by atoms with E-state index < -0.39 is 18.2 Å². The average molecular weight is 852 g/mol. The van der Waals surface area contributed by atoms with Gasteiger partial charge in [0.15, 0.2) is 0 Å². The molecule has 0 aromatic carbocycles. The minimum Gasteiger partial charge on any atom is -0.461 e. The maximum absolute atomic E-state index is 13.2. The maximum atomic E-state index is 13.2. The molecule has 0 fully saturated rings. The molecule has 0 aliphatic heterocycles. The summed E-state index contributed by atoms with van der Waals surface area (Å²) in [4.78, 5) is 26.1. The van der Waals surface area contributed by atoms with Crippen LogP contribution < -0.4 is 5.32 Å². The van der Waals surface area contributed by atoms with Gasteiger partial charge in [0.05, 0.1) is 25.2 Å². The number of amides is 1. The number of carbonyl (C=O) groups excluding carboxylic acids is 2. The molecule has 0 saturated heterocycles. The molecule has 352 valence electrons. The first-order chi connectivity index (χ1) is 30.0. The number of carbonyl (C=O) groups is 2. The Labute approximate surface area is 377 Å². The third-order valence-corrected chi connectivity index (χ3v) is 11.3. The second-order valence-corrected chi connectivity index (χ2v) is 17.2. The number of ether oxygens (including phenoxy) is 1. The van der Waals surface area contributed by atoms with E-state index in [9.17, 15) is 19.8 Å². The fourth-order valence-electron chi connectivity index (χ4n) is 7.39. The van der Waals surface area contributed by atoms with Crippen molar-refractivity contribution in [2.45, 2.75) is 257 Å². The predicted octanol–water partition coefficient (Wildman–Crippen LogP) is 15.4. The second-order valence-electron chi connectivity index (χ2n) is 17.2. The molecule has 0 aliphatic rings. The molecule has 0 aromatic rings. The highest BCUT2D eigenvalue weighted by molar-refractivity contribution is 5.77. The molecule has 0 saturated carbocycles. The van der Waals surface area contributed by atoms with Gasteiger partial charge in [0.1, 0.15) is 6.10 Å². The van der Waals surface area contributed by atoms with Crippen LogP contribution in [0.4, 0.5) is 0 Å². The first-order valence-corrected chi connectivity index (χ1v) is 25.7. The number of esters is 1. The molecule has 0 heterocycles. The van der Waals surface area contributed by atoms with Crippen LogP contribution in [0.5, 0.6) is 0 Å². The fraction of sp³-hybridized carbons (Fsp3) is 0.745. The molecule has 3 atom stereocenters. The van der Waals surface area contributed by atoms with Gasteiger partial charge in [0.2, 0.25) is 5.91 Å². The van der Waals surface area contributed by atoms with Gasteiger partial charge >= 0.3 is 5.97 Å². The Morgan fingerprint density at radius 1 is 0.508 bits per heavy atom. The molecule has 1 amide bonds. The van der Waals surface area contributed by atoms with Crippen LogP contribution in [0.2, 0.25) is 0 Å². The summed E-state index contributed by atoms with van der Waals surface area (Å²) in [5, 5.41) is 23.7. The summed E-state index contributed by atoms with van der Waals surface area (Å²) in [6.07, 6.45) is 61.2. The third kappa shape index (κ3) is 43.7. The van der Waals surface area contributed by atoms with Crippen molar-refractivity contribution in [1.82, 2.24) is 5.32 Å². The first-order valence-electron chi connectivity index (χ1n) is 25.7. The summed E-state index contributed by atoms with van der Waals surface area (Å²) >= 11 is 0. The molecule has 0 aliphatic carbocycles. The Bertz CT molecular complexity index is 1140. The molecule has 3 unspecified atom stereocenters. The van der Waals surface area contributed by atoms with E-state index in [0.717, 1.165) is 77.0 Å². The van der Waals surface area contributed by atoms with Gasteiger partial charge in [-0.1, -0.05) is 222 Å². The van der Waals surface area contributed by atoms with Gasteiger partial charge in [-0.2, -0.15) is 0 Å². The van der Waals surface area contributed by atoms with Gasteiger partial charge in [0, 0.05) is 12.8 Å². The maximum Gasteiger partial charge on any atom is 0.306 e. The molecule has 0 radical (unpaired) electrons. The monoisotopic (exact) mass is 852 g/mol. The zero-order chi connectivity index (χ0) is 44.5. The lowest BCUT2D eigenvalue weighted by Gasteiger charge is -2.24. The van der Waals surface area contributed by atoms with E-state index in [-0.39, 0.29) is 24.9 Å². The molecule has 0 spiro atoms. The number of nitrogens with one attached hydrogen (secondary N) is 1. The van der Waals surface area contributed by atoms with E-state index >= 15 is 0 Å². The minimum atomic E-state index is -0.814. The lowest BCUT2D eigenvalue weighted by atomic mass is 10.0. The van der Waals surface area contributed by atoms with E-state index in [2.05, 4.69) is 86.8 Å². The van der Waals surface area contributed by atoms with E-state index in [1.807, 2.05) is 12.2 Å². The van der Waals surface area contributed by atoms with Crippen molar-refractivity contribution in [1.29, 1.82) is 0 Å². The first kappa shape index (κ1) is 58.3. The minimum absolute atomic E-state index is 0.00576. The third-order valence-electron chi connectivity index (χ3n) is 11.3. The summed E-state index contributed by atoms with van der Waals surface area (Å²) in [6, 6.07) is -0.735. The van der Waals surface area contributed by atoms with Crippen LogP contribution in [0.25, 0.3) is 0 Å². The number of rotatable bonds is 45. The lowest BCUT2D eigenvalue weighted by Crippen LogP contribution is -2.46. The van der Waals surface area contributed by atoms with Crippen molar-refractivity contribution >= 4 is 11.9 Å². The van der Waals surface area contributed by atoms with Crippen molar-refractivity contribution in [3.8, 4) is 0 Å². The van der Waals surface area contributed by atoms with Gasteiger partial charge in [0.25, 0.3) is 0 Å². The van der Waals surface area contributed by atoms with Gasteiger partial charge < -0.3 is 20.3 Å². The SMILES string of the molecule is CC/C=C\C/C=C\C/C=C\C/C=C\C/C=C\CC(CC(=O)NC(CO)C(O)CCCCCCCCCCCCC)OC(=O)CCCCCCC/C=C/CCCCCCCCC. The molecule has 3 N–H and O–H groups in total. The molecule has 0 bridgehead atoms. The van der Waals surface area contributed by atoms with E-state index in [1.54, 1.807) is 0 Å². The number of aliphatic hydroxyl groups is 2. The molecule has 6 heteroatoms. The molecule has 0 aromatic heterocycles. The highest BCUT2D eigenvalue weighted by Crippen LogP contribution is 2.16. The highest BCUT2D eigenvalue weighted by atomic mass is 16.5. The van der Waals surface area contributed by atoms with Crippen LogP contribution in [0.3, 0.4) is 0 Å². The number of hydrogen-bond donors (Lipinski definition) is 3. The standard InChI is InChI=1S/C55H97NO5/c1-4-7-10-13-16-19-22-24-26-28-30-33-36-39-42-45-48-55(60)61-51(46-43-40-37-34-32-29-27-25-23-20-17-14-11-8-5-2)49-54(59)56-52(50-57)53(58)47-44-41-38-35-31-21-18-15-12-9-6-3/h8,11,17,20,25-28,32,34,40,43,51-53,57-58H,4-7,9-10,12-16,18-19,21-24,29-31,33,35-39,41-42,44-50H2,1-3H3,(H,56,59)/b11-8-,20-17-,27-25-,28-26+,34-32-,43-40-. The number of aliphatic hydroxyl groups excluding tert-OH is 2. The molecular weight excluding hydrogens is 755 g/mol. The molecule has 0 rings (SSSR count).